The highest BCUT2D eigenvalue weighted by atomic mass is 19.1. The number of carbonyl (C=O) groups excluding carboxylic acids is 2. The van der Waals surface area contributed by atoms with Gasteiger partial charge in [0, 0.05) is 25.2 Å². The minimum atomic E-state index is -0.684. The number of nitrogens with one attached hydrogen (secondary N) is 2. The second kappa shape index (κ2) is 7.14. The molecule has 1 aliphatic heterocycles. The van der Waals surface area contributed by atoms with E-state index >= 15 is 0 Å². The highest BCUT2D eigenvalue weighted by Crippen LogP contribution is 2.32. The van der Waals surface area contributed by atoms with Crippen molar-refractivity contribution in [1.29, 1.82) is 0 Å². The number of para-hydroxylation sites is 1. The van der Waals surface area contributed by atoms with Gasteiger partial charge in [-0.05, 0) is 42.3 Å². The second-order valence-corrected chi connectivity index (χ2v) is 6.48. The normalized spacial score (nSPS) is 16.0. The monoisotopic (exact) mass is 367 g/mol. The van der Waals surface area contributed by atoms with Crippen LogP contribution in [0.15, 0.2) is 42.5 Å². The second-order valence-electron chi connectivity index (χ2n) is 6.48. The van der Waals surface area contributed by atoms with E-state index in [0.717, 1.165) is 11.0 Å². The van der Waals surface area contributed by atoms with Gasteiger partial charge in [-0.2, -0.15) is 0 Å². The number of aryl methyl sites for hydroxylation is 1. The summed E-state index contributed by atoms with van der Waals surface area (Å²) in [5.41, 5.74) is 2.77. The van der Waals surface area contributed by atoms with Crippen molar-refractivity contribution in [1.82, 2.24) is 20.3 Å². The Kier molecular flexibility index (Phi) is 4.53. The predicted molar refractivity (Wildman–Crippen MR) is 97.5 cm³/mol. The van der Waals surface area contributed by atoms with Crippen LogP contribution >= 0.6 is 0 Å². The third kappa shape index (κ3) is 3.51. The van der Waals surface area contributed by atoms with Gasteiger partial charge in [0.25, 0.3) is 0 Å². The number of carbonyl (C=O) groups is 2. The Labute approximate surface area is 154 Å². The van der Waals surface area contributed by atoms with E-state index in [0.29, 0.717) is 30.8 Å². The van der Waals surface area contributed by atoms with Crippen LogP contribution in [0.5, 0.6) is 0 Å². The Morgan fingerprint density at radius 2 is 2.15 bits per heavy atom. The lowest BCUT2D eigenvalue weighted by atomic mass is 9.89. The average molecular weight is 367 g/mol. The summed E-state index contributed by atoms with van der Waals surface area (Å²) in [5.74, 6) is -1.64. The minimum Gasteiger partial charge on any atom is -0.355 e. The van der Waals surface area contributed by atoms with Gasteiger partial charge in [-0.1, -0.05) is 17.3 Å². The van der Waals surface area contributed by atoms with Gasteiger partial charge in [0.15, 0.2) is 0 Å². The third-order valence-electron chi connectivity index (χ3n) is 4.64. The maximum Gasteiger partial charge on any atom is 0.228 e. The Hall–Kier alpha value is -3.29. The first kappa shape index (κ1) is 17.1. The molecule has 2 N–H and O–H groups in total. The van der Waals surface area contributed by atoms with Gasteiger partial charge in [-0.3, -0.25) is 9.59 Å². The van der Waals surface area contributed by atoms with E-state index < -0.39 is 11.7 Å². The van der Waals surface area contributed by atoms with Crippen molar-refractivity contribution in [2.75, 3.05) is 11.9 Å². The zero-order valence-corrected chi connectivity index (χ0v) is 14.5. The molecule has 0 saturated heterocycles. The van der Waals surface area contributed by atoms with Crippen molar-refractivity contribution < 1.29 is 14.0 Å². The summed E-state index contributed by atoms with van der Waals surface area (Å²) in [4.78, 5) is 24.4. The summed E-state index contributed by atoms with van der Waals surface area (Å²) in [6, 6.07) is 11.7. The summed E-state index contributed by atoms with van der Waals surface area (Å²) in [6.45, 7) is 1.03. The van der Waals surface area contributed by atoms with Gasteiger partial charge in [0.05, 0.1) is 11.4 Å². The maximum absolute atomic E-state index is 13.6. The summed E-state index contributed by atoms with van der Waals surface area (Å²) in [6.07, 6.45) is 0.671. The molecule has 1 aliphatic rings. The molecule has 138 valence electrons. The Bertz CT molecular complexity index is 1020. The van der Waals surface area contributed by atoms with E-state index in [1.165, 1.54) is 18.2 Å². The number of fused-ring (bicyclic) bond motifs is 2. The van der Waals surface area contributed by atoms with Crippen LogP contribution in [-0.2, 0) is 16.1 Å². The molecule has 7 nitrogen and oxygen atoms in total. The molecule has 4 rings (SSSR count). The average Bonchev–Trinajstić information content (AvgIpc) is 3.08. The number of aromatic nitrogens is 3. The molecular weight excluding hydrogens is 349 g/mol. The van der Waals surface area contributed by atoms with E-state index in [1.54, 1.807) is 4.68 Å². The zero-order valence-electron chi connectivity index (χ0n) is 14.5. The number of hydrogen-bond acceptors (Lipinski definition) is 4. The van der Waals surface area contributed by atoms with Crippen LogP contribution in [0.1, 0.15) is 24.3 Å². The van der Waals surface area contributed by atoms with Crippen LogP contribution in [-0.4, -0.2) is 33.4 Å². The number of anilines is 1. The molecule has 2 heterocycles. The molecule has 0 bridgehead atoms. The Morgan fingerprint density at radius 1 is 1.30 bits per heavy atom. The van der Waals surface area contributed by atoms with Crippen molar-refractivity contribution in [3.05, 3.63) is 53.8 Å². The largest absolute Gasteiger partial charge is 0.355 e. The molecule has 0 fully saturated rings. The fraction of sp³-hybridized carbons (Fsp3) is 0.263. The van der Waals surface area contributed by atoms with Gasteiger partial charge in [0.2, 0.25) is 11.8 Å². The van der Waals surface area contributed by atoms with Crippen molar-refractivity contribution >= 4 is 28.5 Å². The highest BCUT2D eigenvalue weighted by molar-refractivity contribution is 6.01. The molecule has 1 unspecified atom stereocenters. The van der Waals surface area contributed by atoms with E-state index in [2.05, 4.69) is 20.9 Å². The fourth-order valence-corrected chi connectivity index (χ4v) is 3.31. The van der Waals surface area contributed by atoms with Crippen molar-refractivity contribution in [2.45, 2.75) is 25.3 Å². The zero-order chi connectivity index (χ0) is 18.8. The summed E-state index contributed by atoms with van der Waals surface area (Å²) < 4.78 is 15.4. The van der Waals surface area contributed by atoms with Crippen LogP contribution in [0, 0.1) is 5.82 Å². The summed E-state index contributed by atoms with van der Waals surface area (Å²) >= 11 is 0. The van der Waals surface area contributed by atoms with E-state index in [1.807, 2.05) is 24.3 Å². The molecule has 2 amide bonds. The first-order valence-electron chi connectivity index (χ1n) is 8.77. The maximum atomic E-state index is 13.6. The van der Waals surface area contributed by atoms with Crippen molar-refractivity contribution in [2.24, 2.45) is 0 Å². The molecule has 3 aromatic rings. The summed E-state index contributed by atoms with van der Waals surface area (Å²) in [7, 11) is 0. The fourth-order valence-electron chi connectivity index (χ4n) is 3.31. The van der Waals surface area contributed by atoms with Crippen LogP contribution in [0.2, 0.25) is 0 Å². The number of amides is 2. The minimum absolute atomic E-state index is 0.00992. The number of nitrogens with zero attached hydrogens (tertiary/aromatic N) is 3. The van der Waals surface area contributed by atoms with E-state index in [4.69, 9.17) is 0 Å². The molecule has 8 heteroatoms. The Morgan fingerprint density at radius 3 is 3.04 bits per heavy atom. The van der Waals surface area contributed by atoms with Crippen LogP contribution in [0.25, 0.3) is 11.0 Å². The van der Waals surface area contributed by atoms with E-state index in [-0.39, 0.29) is 18.2 Å². The third-order valence-corrected chi connectivity index (χ3v) is 4.64. The van der Waals surface area contributed by atoms with Gasteiger partial charge < -0.3 is 10.6 Å². The first-order chi connectivity index (χ1) is 13.1. The van der Waals surface area contributed by atoms with Crippen molar-refractivity contribution in [3.63, 3.8) is 0 Å². The van der Waals surface area contributed by atoms with Gasteiger partial charge in [-0.25, -0.2) is 9.07 Å². The number of rotatable bonds is 5. The van der Waals surface area contributed by atoms with Gasteiger partial charge >= 0.3 is 0 Å². The molecule has 0 radical (unpaired) electrons. The van der Waals surface area contributed by atoms with Gasteiger partial charge in [0.1, 0.15) is 11.3 Å². The molecule has 1 aromatic heterocycles. The van der Waals surface area contributed by atoms with Crippen LogP contribution in [0.3, 0.4) is 0 Å². The Balaban J connectivity index is 1.37. The lowest BCUT2D eigenvalue weighted by molar-refractivity contribution is -0.126. The topological polar surface area (TPSA) is 88.9 Å². The molecule has 0 saturated carbocycles. The number of benzene rings is 2. The van der Waals surface area contributed by atoms with Crippen molar-refractivity contribution in [3.8, 4) is 0 Å². The molecular formula is C19H18FN5O2. The van der Waals surface area contributed by atoms with Crippen LogP contribution < -0.4 is 10.6 Å². The molecule has 1 atom stereocenters. The van der Waals surface area contributed by atoms with E-state index in [9.17, 15) is 14.0 Å². The molecule has 0 spiro atoms. The van der Waals surface area contributed by atoms with Crippen LogP contribution in [0.4, 0.5) is 10.1 Å². The first-order valence-corrected chi connectivity index (χ1v) is 8.77. The standard InChI is InChI=1S/C19H18FN5O2/c20-12-6-7-15-13(10-12)14(11-18(26)22-15)19(27)21-8-3-9-25-17-5-2-1-4-16(17)23-24-25/h1-2,4-7,10,14H,3,8-9,11H2,(H,21,27)(H,22,26). The molecule has 2 aromatic carbocycles. The predicted octanol–water partition coefficient (Wildman–Crippen LogP) is 2.20. The highest BCUT2D eigenvalue weighted by Gasteiger charge is 2.30. The SMILES string of the molecule is O=C1CC(C(=O)NCCCn2nnc3ccccc32)c2cc(F)ccc2N1. The lowest BCUT2D eigenvalue weighted by Crippen LogP contribution is -2.35. The number of halogens is 1. The lowest BCUT2D eigenvalue weighted by Gasteiger charge is -2.24. The quantitative estimate of drug-likeness (QED) is 0.677. The smallest absolute Gasteiger partial charge is 0.228 e. The molecule has 0 aliphatic carbocycles. The summed E-state index contributed by atoms with van der Waals surface area (Å²) in [5, 5.41) is 13.7. The molecule has 27 heavy (non-hydrogen) atoms. The number of hydrogen-bond donors (Lipinski definition) is 2. The van der Waals surface area contributed by atoms with Gasteiger partial charge in [-0.15, -0.1) is 5.10 Å².